The van der Waals surface area contributed by atoms with Gasteiger partial charge in [0.15, 0.2) is 0 Å². The van der Waals surface area contributed by atoms with Gasteiger partial charge in [-0.2, -0.15) is 5.26 Å². The second kappa shape index (κ2) is 6.07. The molecule has 1 heterocycles. The van der Waals surface area contributed by atoms with Crippen LogP contribution in [-0.4, -0.2) is 5.54 Å². The zero-order valence-corrected chi connectivity index (χ0v) is 13.0. The van der Waals surface area contributed by atoms with E-state index >= 15 is 0 Å². The van der Waals surface area contributed by atoms with Gasteiger partial charge in [0.05, 0.1) is 6.07 Å². The molecule has 0 amide bonds. The fraction of sp³-hybridized carbons (Fsp3) is 0.688. The molecule has 0 radical (unpaired) electrons. The predicted octanol–water partition coefficient (Wildman–Crippen LogP) is 4.19. The Morgan fingerprint density at radius 2 is 2.32 bits per heavy atom. The highest BCUT2D eigenvalue weighted by molar-refractivity contribution is 7.09. The number of hydrogen-bond donors (Lipinski definition) is 1. The number of hydrogen-bond acceptors (Lipinski definition) is 3. The van der Waals surface area contributed by atoms with Gasteiger partial charge in [-0.15, -0.1) is 11.3 Å². The van der Waals surface area contributed by atoms with Gasteiger partial charge < -0.3 is 0 Å². The third-order valence-electron chi connectivity index (χ3n) is 4.44. The average Bonchev–Trinajstić information content (AvgIpc) is 2.89. The van der Waals surface area contributed by atoms with Gasteiger partial charge in [0, 0.05) is 11.4 Å². The SMILES string of the molecule is CC1CCC(C(C)C)C(C#N)(NCc2cccs2)C1. The zero-order chi connectivity index (χ0) is 13.9. The van der Waals surface area contributed by atoms with Gasteiger partial charge in [-0.3, -0.25) is 5.32 Å². The Labute approximate surface area is 120 Å². The van der Waals surface area contributed by atoms with Crippen molar-refractivity contribution in [3.8, 4) is 6.07 Å². The second-order valence-corrected chi connectivity index (χ2v) is 7.29. The molecular formula is C16H24N2S. The van der Waals surface area contributed by atoms with Gasteiger partial charge in [0.2, 0.25) is 0 Å². The van der Waals surface area contributed by atoms with E-state index in [1.54, 1.807) is 11.3 Å². The van der Waals surface area contributed by atoms with Gasteiger partial charge >= 0.3 is 0 Å². The van der Waals surface area contributed by atoms with Crippen molar-refractivity contribution >= 4 is 11.3 Å². The Bertz CT molecular complexity index is 432. The maximum atomic E-state index is 9.80. The molecule has 104 valence electrons. The van der Waals surface area contributed by atoms with E-state index in [0.29, 0.717) is 17.8 Å². The lowest BCUT2D eigenvalue weighted by Gasteiger charge is -2.44. The summed E-state index contributed by atoms with van der Waals surface area (Å²) < 4.78 is 0. The number of nitrogens with zero attached hydrogens (tertiary/aromatic N) is 1. The van der Waals surface area contributed by atoms with E-state index in [1.807, 2.05) is 0 Å². The summed E-state index contributed by atoms with van der Waals surface area (Å²) in [5.74, 6) is 1.67. The lowest BCUT2D eigenvalue weighted by Crippen LogP contribution is -2.54. The molecule has 3 unspecified atom stereocenters. The van der Waals surface area contributed by atoms with Crippen molar-refractivity contribution in [3.63, 3.8) is 0 Å². The van der Waals surface area contributed by atoms with Crippen LogP contribution in [0.3, 0.4) is 0 Å². The molecule has 0 saturated heterocycles. The lowest BCUT2D eigenvalue weighted by atomic mass is 9.65. The van der Waals surface area contributed by atoms with Gasteiger partial charge in [-0.05, 0) is 42.0 Å². The van der Waals surface area contributed by atoms with Crippen molar-refractivity contribution in [2.45, 2.75) is 52.1 Å². The second-order valence-electron chi connectivity index (χ2n) is 6.25. The molecule has 1 N–H and O–H groups in total. The molecule has 1 aromatic heterocycles. The molecule has 1 aliphatic rings. The molecule has 1 aromatic rings. The molecule has 0 spiro atoms. The van der Waals surface area contributed by atoms with E-state index in [4.69, 9.17) is 0 Å². The van der Waals surface area contributed by atoms with Crippen LogP contribution in [0.4, 0.5) is 0 Å². The van der Waals surface area contributed by atoms with Gasteiger partial charge in [0.1, 0.15) is 5.54 Å². The van der Waals surface area contributed by atoms with Crippen molar-refractivity contribution in [2.75, 3.05) is 0 Å². The summed E-state index contributed by atoms with van der Waals surface area (Å²) in [7, 11) is 0. The smallest absolute Gasteiger partial charge is 0.110 e. The third-order valence-corrected chi connectivity index (χ3v) is 5.31. The maximum absolute atomic E-state index is 9.80. The molecule has 1 fully saturated rings. The topological polar surface area (TPSA) is 35.8 Å². The van der Waals surface area contributed by atoms with Gasteiger partial charge in [0.25, 0.3) is 0 Å². The first-order chi connectivity index (χ1) is 9.07. The van der Waals surface area contributed by atoms with E-state index in [2.05, 4.69) is 49.7 Å². The third kappa shape index (κ3) is 3.19. The summed E-state index contributed by atoms with van der Waals surface area (Å²) in [4.78, 5) is 1.32. The molecule has 2 nitrogen and oxygen atoms in total. The predicted molar refractivity (Wildman–Crippen MR) is 80.8 cm³/mol. The summed E-state index contributed by atoms with van der Waals surface area (Å²) in [5.41, 5.74) is -0.337. The molecule has 2 rings (SSSR count). The summed E-state index contributed by atoms with van der Waals surface area (Å²) in [6.45, 7) is 7.59. The number of rotatable bonds is 4. The quantitative estimate of drug-likeness (QED) is 0.895. The molecule has 0 bridgehead atoms. The Morgan fingerprint density at radius 3 is 2.89 bits per heavy atom. The minimum atomic E-state index is -0.337. The highest BCUT2D eigenvalue weighted by Crippen LogP contribution is 2.41. The molecule has 0 aliphatic heterocycles. The first-order valence-corrected chi connectivity index (χ1v) is 8.14. The van der Waals surface area contributed by atoms with Crippen molar-refractivity contribution in [2.24, 2.45) is 17.8 Å². The van der Waals surface area contributed by atoms with E-state index in [-0.39, 0.29) is 5.54 Å². The molecule has 3 heteroatoms. The molecular weight excluding hydrogens is 252 g/mol. The van der Waals surface area contributed by atoms with E-state index in [1.165, 1.54) is 17.7 Å². The molecule has 19 heavy (non-hydrogen) atoms. The van der Waals surface area contributed by atoms with Gasteiger partial charge in [-0.25, -0.2) is 0 Å². The Hall–Kier alpha value is -0.850. The Kier molecular flexibility index (Phi) is 4.65. The minimum absolute atomic E-state index is 0.337. The average molecular weight is 276 g/mol. The standard InChI is InChI=1S/C16H24N2S/c1-12(2)15-7-6-13(3)9-16(15,11-17)18-10-14-5-4-8-19-14/h4-5,8,12-13,15,18H,6-7,9-10H2,1-3H3. The molecule has 1 aliphatic carbocycles. The highest BCUT2D eigenvalue weighted by atomic mass is 32.1. The van der Waals surface area contributed by atoms with Crippen LogP contribution in [-0.2, 0) is 6.54 Å². The number of nitriles is 1. The van der Waals surface area contributed by atoms with E-state index in [9.17, 15) is 5.26 Å². The largest absolute Gasteiger partial charge is 0.294 e. The van der Waals surface area contributed by atoms with Crippen LogP contribution < -0.4 is 5.32 Å². The van der Waals surface area contributed by atoms with Crippen molar-refractivity contribution in [3.05, 3.63) is 22.4 Å². The minimum Gasteiger partial charge on any atom is -0.294 e. The summed E-state index contributed by atoms with van der Waals surface area (Å²) in [6.07, 6.45) is 3.41. The Balaban J connectivity index is 2.14. The monoisotopic (exact) mass is 276 g/mol. The van der Waals surface area contributed by atoms with Crippen molar-refractivity contribution < 1.29 is 0 Å². The highest BCUT2D eigenvalue weighted by Gasteiger charge is 2.44. The summed E-state index contributed by atoms with van der Waals surface area (Å²) in [5, 5.41) is 15.5. The fourth-order valence-electron chi connectivity index (χ4n) is 3.45. The van der Waals surface area contributed by atoms with Crippen LogP contribution in [0.1, 0.15) is 44.9 Å². The van der Waals surface area contributed by atoms with Crippen LogP contribution in [0.15, 0.2) is 17.5 Å². The maximum Gasteiger partial charge on any atom is 0.110 e. The van der Waals surface area contributed by atoms with Crippen LogP contribution in [0.2, 0.25) is 0 Å². The number of thiophene rings is 1. The lowest BCUT2D eigenvalue weighted by molar-refractivity contribution is 0.117. The van der Waals surface area contributed by atoms with E-state index in [0.717, 1.165) is 13.0 Å². The van der Waals surface area contributed by atoms with Crippen LogP contribution >= 0.6 is 11.3 Å². The fourth-order valence-corrected chi connectivity index (χ4v) is 4.09. The normalized spacial score (nSPS) is 31.3. The first kappa shape index (κ1) is 14.6. The van der Waals surface area contributed by atoms with Gasteiger partial charge in [-0.1, -0.05) is 33.3 Å². The van der Waals surface area contributed by atoms with Crippen LogP contribution in [0.5, 0.6) is 0 Å². The van der Waals surface area contributed by atoms with E-state index < -0.39 is 0 Å². The first-order valence-electron chi connectivity index (χ1n) is 7.26. The van der Waals surface area contributed by atoms with Crippen molar-refractivity contribution in [1.82, 2.24) is 5.32 Å². The zero-order valence-electron chi connectivity index (χ0n) is 12.1. The number of nitrogens with one attached hydrogen (secondary N) is 1. The molecule has 3 atom stereocenters. The molecule has 1 saturated carbocycles. The summed E-state index contributed by atoms with van der Waals surface area (Å²) in [6, 6.07) is 6.85. The summed E-state index contributed by atoms with van der Waals surface area (Å²) >= 11 is 1.76. The van der Waals surface area contributed by atoms with Crippen molar-refractivity contribution in [1.29, 1.82) is 5.26 Å². The van der Waals surface area contributed by atoms with Crippen LogP contribution in [0.25, 0.3) is 0 Å². The van der Waals surface area contributed by atoms with Crippen LogP contribution in [0, 0.1) is 29.1 Å². The molecule has 0 aromatic carbocycles. The Morgan fingerprint density at radius 1 is 1.53 bits per heavy atom.